The van der Waals surface area contributed by atoms with E-state index in [0.29, 0.717) is 0 Å². The molecule has 6 aromatic carbocycles. The second kappa shape index (κ2) is 11.2. The number of hydrogen-bond donors (Lipinski definition) is 3. The number of carboxylic acid groups (broad SMARTS) is 3. The van der Waals surface area contributed by atoms with Gasteiger partial charge in [0.25, 0.3) is 0 Å². The second-order valence-electron chi connectivity index (χ2n) is 11.0. The normalized spacial score (nSPS) is 11.1. The molecule has 7 rings (SSSR count). The van der Waals surface area contributed by atoms with Crippen LogP contribution in [0.15, 0.2) is 133 Å². The van der Waals surface area contributed by atoms with E-state index in [0.717, 1.165) is 60.9 Å². The van der Waals surface area contributed by atoms with Crippen molar-refractivity contribution in [3.63, 3.8) is 0 Å². The van der Waals surface area contributed by atoms with Gasteiger partial charge >= 0.3 is 17.9 Å². The van der Waals surface area contributed by atoms with Crippen LogP contribution < -0.4 is 0 Å². The average molecular weight is 604 g/mol. The number of nitrogens with zero attached hydrogens (tertiary/aromatic N) is 1. The van der Waals surface area contributed by atoms with Gasteiger partial charge in [-0.05, 0) is 106 Å². The van der Waals surface area contributed by atoms with E-state index in [2.05, 4.69) is 28.8 Å². The smallest absolute Gasteiger partial charge is 0.335 e. The highest BCUT2D eigenvalue weighted by molar-refractivity contribution is 6.11. The van der Waals surface area contributed by atoms with Crippen LogP contribution in [-0.2, 0) is 0 Å². The number of aromatic carboxylic acids is 3. The number of fused-ring (bicyclic) bond motifs is 3. The summed E-state index contributed by atoms with van der Waals surface area (Å²) in [5.41, 5.74) is 9.15. The fourth-order valence-electron chi connectivity index (χ4n) is 5.88. The fraction of sp³-hybridized carbons (Fsp3) is 0. The van der Waals surface area contributed by atoms with Crippen LogP contribution in [0.2, 0.25) is 0 Å². The van der Waals surface area contributed by atoms with Gasteiger partial charge < -0.3 is 19.9 Å². The lowest BCUT2D eigenvalue weighted by molar-refractivity contribution is 0.0686. The van der Waals surface area contributed by atoms with Crippen molar-refractivity contribution in [3.8, 4) is 39.1 Å². The van der Waals surface area contributed by atoms with E-state index in [9.17, 15) is 29.7 Å². The molecule has 3 N–H and O–H groups in total. The van der Waals surface area contributed by atoms with Gasteiger partial charge in [-0.2, -0.15) is 0 Å². The highest BCUT2D eigenvalue weighted by Gasteiger charge is 2.16. The van der Waals surface area contributed by atoms with E-state index in [4.69, 9.17) is 0 Å². The first kappa shape index (κ1) is 28.3. The molecule has 0 unspecified atom stereocenters. The maximum absolute atomic E-state index is 11.4. The van der Waals surface area contributed by atoms with Crippen molar-refractivity contribution in [2.75, 3.05) is 0 Å². The molecule has 0 bridgehead atoms. The Balaban J connectivity index is 1.37. The van der Waals surface area contributed by atoms with Crippen LogP contribution in [0.3, 0.4) is 0 Å². The highest BCUT2D eigenvalue weighted by atomic mass is 16.4. The van der Waals surface area contributed by atoms with E-state index >= 15 is 0 Å². The van der Waals surface area contributed by atoms with Crippen molar-refractivity contribution in [3.05, 3.63) is 150 Å². The lowest BCUT2D eigenvalue weighted by Crippen LogP contribution is -1.96. The van der Waals surface area contributed by atoms with Crippen molar-refractivity contribution >= 4 is 39.7 Å². The summed E-state index contributed by atoms with van der Waals surface area (Å²) in [6, 6.07) is 40.9. The summed E-state index contributed by atoms with van der Waals surface area (Å²) in [7, 11) is 0. The summed E-state index contributed by atoms with van der Waals surface area (Å²) in [5.74, 6) is -2.91. The third kappa shape index (κ3) is 5.06. The molecule has 1 aromatic heterocycles. The van der Waals surface area contributed by atoms with Gasteiger partial charge in [-0.1, -0.05) is 60.7 Å². The van der Waals surface area contributed by atoms with Gasteiger partial charge in [0.2, 0.25) is 0 Å². The molecule has 7 nitrogen and oxygen atoms in total. The molecule has 0 saturated carbocycles. The minimum atomic E-state index is -0.975. The number of benzene rings is 6. The molecule has 1 heterocycles. The van der Waals surface area contributed by atoms with E-state index in [1.54, 1.807) is 72.8 Å². The number of aromatic nitrogens is 1. The van der Waals surface area contributed by atoms with Gasteiger partial charge in [0.15, 0.2) is 0 Å². The van der Waals surface area contributed by atoms with Gasteiger partial charge in [-0.25, -0.2) is 14.4 Å². The van der Waals surface area contributed by atoms with Crippen LogP contribution >= 0.6 is 0 Å². The van der Waals surface area contributed by atoms with E-state index in [1.807, 2.05) is 36.4 Å². The van der Waals surface area contributed by atoms with Crippen molar-refractivity contribution in [1.29, 1.82) is 0 Å². The summed E-state index contributed by atoms with van der Waals surface area (Å²) >= 11 is 0. The Kier molecular flexibility index (Phi) is 6.91. The SMILES string of the molecule is O=C(O)c1ccc(-c2ccc(-n3c4ccc(-c5ccc(C(=O)O)cc5)cc4c4cc(-c5ccc(C(=O)O)cc5)ccc43)cc2)cc1. The first-order valence-electron chi connectivity index (χ1n) is 14.5. The molecule has 7 aromatic rings. The molecular weight excluding hydrogens is 578 g/mol. The number of hydrogen-bond acceptors (Lipinski definition) is 3. The monoisotopic (exact) mass is 603 g/mol. The van der Waals surface area contributed by atoms with E-state index < -0.39 is 17.9 Å². The topological polar surface area (TPSA) is 117 Å². The largest absolute Gasteiger partial charge is 0.478 e. The van der Waals surface area contributed by atoms with Crippen molar-refractivity contribution in [2.45, 2.75) is 0 Å². The maximum Gasteiger partial charge on any atom is 0.335 e. The summed E-state index contributed by atoms with van der Waals surface area (Å²) in [6.07, 6.45) is 0. The predicted octanol–water partition coefficient (Wildman–Crippen LogP) is 8.88. The first-order chi connectivity index (χ1) is 22.3. The zero-order valence-corrected chi connectivity index (χ0v) is 24.2. The van der Waals surface area contributed by atoms with Crippen molar-refractivity contribution < 1.29 is 29.7 Å². The van der Waals surface area contributed by atoms with Gasteiger partial charge in [0, 0.05) is 16.5 Å². The molecule has 0 amide bonds. The lowest BCUT2D eigenvalue weighted by Gasteiger charge is -2.10. The van der Waals surface area contributed by atoms with E-state index in [-0.39, 0.29) is 16.7 Å². The zero-order valence-electron chi connectivity index (χ0n) is 24.2. The standard InChI is InChI=1S/C39H25NO6/c41-37(42)27-7-1-23(2-8-27)24-13-17-32(18-14-24)40-35-19-15-30(25-3-9-28(10-4-25)38(43)44)21-33(35)34-22-31(16-20-36(34)40)26-5-11-29(12-6-26)39(45)46/h1-22H,(H,41,42)(H,43,44)(H,45,46). The maximum atomic E-state index is 11.4. The Morgan fingerprint density at radius 1 is 0.370 bits per heavy atom. The second-order valence-corrected chi connectivity index (χ2v) is 11.0. The Hall–Kier alpha value is -6.47. The number of rotatable bonds is 7. The summed E-state index contributed by atoms with van der Waals surface area (Å²) in [6.45, 7) is 0. The van der Waals surface area contributed by atoms with Crippen LogP contribution in [-0.4, -0.2) is 37.8 Å². The predicted molar refractivity (Wildman–Crippen MR) is 178 cm³/mol. The molecule has 0 spiro atoms. The minimum Gasteiger partial charge on any atom is -0.478 e. The van der Waals surface area contributed by atoms with Crippen LogP contribution in [0, 0.1) is 0 Å². The molecule has 0 aliphatic rings. The molecule has 0 aliphatic carbocycles. The first-order valence-corrected chi connectivity index (χ1v) is 14.5. The highest BCUT2D eigenvalue weighted by Crippen LogP contribution is 2.37. The molecule has 0 radical (unpaired) electrons. The van der Waals surface area contributed by atoms with Gasteiger partial charge in [0.1, 0.15) is 0 Å². The van der Waals surface area contributed by atoms with Gasteiger partial charge in [0.05, 0.1) is 27.7 Å². The summed E-state index contributed by atoms with van der Waals surface area (Å²) in [5, 5.41) is 29.9. The quantitative estimate of drug-likeness (QED) is 0.168. The van der Waals surface area contributed by atoms with Crippen molar-refractivity contribution in [1.82, 2.24) is 4.57 Å². The molecule has 46 heavy (non-hydrogen) atoms. The molecule has 0 aliphatic heterocycles. The molecular formula is C39H25NO6. The zero-order chi connectivity index (χ0) is 31.9. The minimum absolute atomic E-state index is 0.223. The Morgan fingerprint density at radius 2 is 0.652 bits per heavy atom. The van der Waals surface area contributed by atoms with Crippen LogP contribution in [0.1, 0.15) is 31.1 Å². The third-order valence-electron chi connectivity index (χ3n) is 8.29. The molecule has 7 heteroatoms. The molecule has 222 valence electrons. The lowest BCUT2D eigenvalue weighted by atomic mass is 9.99. The number of carbonyl (C=O) groups is 3. The molecule has 0 saturated heterocycles. The Bertz CT molecular complexity index is 2180. The van der Waals surface area contributed by atoms with Crippen LogP contribution in [0.5, 0.6) is 0 Å². The van der Waals surface area contributed by atoms with Crippen LogP contribution in [0.25, 0.3) is 60.9 Å². The molecule has 0 atom stereocenters. The number of carboxylic acids is 3. The van der Waals surface area contributed by atoms with Gasteiger partial charge in [-0.3, -0.25) is 0 Å². The van der Waals surface area contributed by atoms with E-state index in [1.165, 1.54) is 0 Å². The van der Waals surface area contributed by atoms with Crippen molar-refractivity contribution in [2.24, 2.45) is 0 Å². The third-order valence-corrected chi connectivity index (χ3v) is 8.29. The molecule has 0 fully saturated rings. The van der Waals surface area contributed by atoms with Crippen LogP contribution in [0.4, 0.5) is 0 Å². The Morgan fingerprint density at radius 3 is 0.978 bits per heavy atom. The summed E-state index contributed by atoms with van der Waals surface area (Å²) < 4.78 is 2.19. The average Bonchev–Trinajstić information content (AvgIpc) is 3.41. The Labute approximate surface area is 262 Å². The fourth-order valence-corrected chi connectivity index (χ4v) is 5.88. The summed E-state index contributed by atoms with van der Waals surface area (Å²) in [4.78, 5) is 34.1. The van der Waals surface area contributed by atoms with Gasteiger partial charge in [-0.15, -0.1) is 0 Å².